The van der Waals surface area contributed by atoms with E-state index in [4.69, 9.17) is 0 Å². The number of nitrogens with zero attached hydrogens (tertiary/aromatic N) is 1. The van der Waals surface area contributed by atoms with Crippen LogP contribution in [0.5, 0.6) is 0 Å². The fraction of sp³-hybridized carbons (Fsp3) is 1.00. The maximum Gasteiger partial charge on any atom is 0.0110 e. The van der Waals surface area contributed by atoms with Crippen molar-refractivity contribution in [2.75, 3.05) is 33.2 Å². The van der Waals surface area contributed by atoms with Crippen molar-refractivity contribution < 1.29 is 0 Å². The van der Waals surface area contributed by atoms with Gasteiger partial charge in [0.1, 0.15) is 0 Å². The highest BCUT2D eigenvalue weighted by atomic mass is 15.2. The van der Waals surface area contributed by atoms with Gasteiger partial charge >= 0.3 is 0 Å². The molecule has 0 aromatic rings. The summed E-state index contributed by atoms with van der Waals surface area (Å²) in [7, 11) is 2.13. The van der Waals surface area contributed by atoms with Crippen molar-refractivity contribution in [2.24, 2.45) is 5.92 Å². The summed E-state index contributed by atoms with van der Waals surface area (Å²) in [5.41, 5.74) is 0. The van der Waals surface area contributed by atoms with E-state index in [1.807, 2.05) is 0 Å². The van der Waals surface area contributed by atoms with Gasteiger partial charge in [0, 0.05) is 38.3 Å². The van der Waals surface area contributed by atoms with E-state index in [0.29, 0.717) is 0 Å². The Morgan fingerprint density at radius 2 is 2.00 bits per heavy atom. The van der Waals surface area contributed by atoms with Gasteiger partial charge in [0.25, 0.3) is 0 Å². The molecule has 1 saturated heterocycles. The highest BCUT2D eigenvalue weighted by Crippen LogP contribution is 2.31. The van der Waals surface area contributed by atoms with Crippen LogP contribution in [0.2, 0.25) is 0 Å². The van der Waals surface area contributed by atoms with Crippen LogP contribution in [0.1, 0.15) is 32.6 Å². The van der Waals surface area contributed by atoms with E-state index in [1.54, 1.807) is 0 Å². The molecule has 2 fully saturated rings. The van der Waals surface area contributed by atoms with Crippen molar-refractivity contribution in [3.63, 3.8) is 0 Å². The topological polar surface area (TPSA) is 27.3 Å². The predicted molar refractivity (Wildman–Crippen MR) is 68.7 cm³/mol. The second-order valence-electron chi connectivity index (χ2n) is 5.46. The summed E-state index contributed by atoms with van der Waals surface area (Å²) in [6.45, 7) is 7.18. The molecule has 2 unspecified atom stereocenters. The number of hydrogen-bond donors (Lipinski definition) is 2. The molecule has 0 bridgehead atoms. The van der Waals surface area contributed by atoms with Gasteiger partial charge in [-0.15, -0.1) is 0 Å². The maximum absolute atomic E-state index is 3.53. The zero-order valence-electron chi connectivity index (χ0n) is 10.8. The van der Waals surface area contributed by atoms with E-state index in [-0.39, 0.29) is 0 Å². The molecule has 0 aromatic heterocycles. The van der Waals surface area contributed by atoms with Gasteiger partial charge in [-0.05, 0) is 39.2 Å². The molecular weight excluding hydrogens is 198 g/mol. The normalized spacial score (nSPS) is 27.4. The smallest absolute Gasteiger partial charge is 0.0110 e. The minimum atomic E-state index is 0.736. The first kappa shape index (κ1) is 12.3. The van der Waals surface area contributed by atoms with Crippen LogP contribution in [0.25, 0.3) is 0 Å². The number of rotatable bonds is 5. The van der Waals surface area contributed by atoms with Gasteiger partial charge < -0.3 is 10.6 Å². The Labute approximate surface area is 100.0 Å². The highest BCUT2D eigenvalue weighted by molar-refractivity contribution is 4.86. The zero-order chi connectivity index (χ0) is 11.4. The zero-order valence-corrected chi connectivity index (χ0v) is 10.8. The van der Waals surface area contributed by atoms with Gasteiger partial charge in [-0.3, -0.25) is 4.90 Å². The third-order valence-corrected chi connectivity index (χ3v) is 4.46. The first-order valence-electron chi connectivity index (χ1n) is 6.93. The van der Waals surface area contributed by atoms with E-state index < -0.39 is 0 Å². The van der Waals surface area contributed by atoms with Gasteiger partial charge in [-0.1, -0.05) is 6.42 Å². The molecule has 1 saturated carbocycles. The SMILES string of the molecule is CNC(CC(C)N1CCNCC1)C1CCC1. The van der Waals surface area contributed by atoms with Crippen LogP contribution in [-0.2, 0) is 0 Å². The fourth-order valence-electron chi connectivity index (χ4n) is 3.03. The number of nitrogens with one attached hydrogen (secondary N) is 2. The summed E-state index contributed by atoms with van der Waals surface area (Å²) < 4.78 is 0. The summed E-state index contributed by atoms with van der Waals surface area (Å²) in [5, 5.41) is 6.96. The summed E-state index contributed by atoms with van der Waals surface area (Å²) in [6, 6.07) is 1.48. The second-order valence-corrected chi connectivity index (χ2v) is 5.46. The van der Waals surface area contributed by atoms with Crippen molar-refractivity contribution in [1.29, 1.82) is 0 Å². The Kier molecular flexibility index (Phi) is 4.62. The van der Waals surface area contributed by atoms with Crippen molar-refractivity contribution in [3.05, 3.63) is 0 Å². The quantitative estimate of drug-likeness (QED) is 0.732. The van der Waals surface area contributed by atoms with Crippen molar-refractivity contribution >= 4 is 0 Å². The summed E-state index contributed by atoms with van der Waals surface area (Å²) in [5.74, 6) is 0.954. The first-order valence-corrected chi connectivity index (χ1v) is 6.93. The fourth-order valence-corrected chi connectivity index (χ4v) is 3.03. The Hall–Kier alpha value is -0.120. The largest absolute Gasteiger partial charge is 0.317 e. The van der Waals surface area contributed by atoms with Crippen LogP contribution in [0.4, 0.5) is 0 Å². The van der Waals surface area contributed by atoms with E-state index in [1.165, 1.54) is 38.8 Å². The standard InChI is InChI=1S/C13H27N3/c1-11(16-8-6-15-7-9-16)10-13(14-2)12-4-3-5-12/h11-15H,3-10H2,1-2H3. The lowest BCUT2D eigenvalue weighted by molar-refractivity contribution is 0.138. The Morgan fingerprint density at radius 3 is 2.50 bits per heavy atom. The molecule has 16 heavy (non-hydrogen) atoms. The van der Waals surface area contributed by atoms with E-state index in [0.717, 1.165) is 31.1 Å². The molecule has 1 aliphatic carbocycles. The summed E-state index contributed by atoms with van der Waals surface area (Å²) >= 11 is 0. The number of hydrogen-bond acceptors (Lipinski definition) is 3. The van der Waals surface area contributed by atoms with Crippen molar-refractivity contribution in [1.82, 2.24) is 15.5 Å². The van der Waals surface area contributed by atoms with Gasteiger partial charge in [-0.2, -0.15) is 0 Å². The molecule has 0 spiro atoms. The molecule has 3 nitrogen and oxygen atoms in total. The van der Waals surface area contributed by atoms with Crippen LogP contribution in [-0.4, -0.2) is 50.2 Å². The lowest BCUT2D eigenvalue weighted by atomic mass is 9.77. The minimum absolute atomic E-state index is 0.736. The van der Waals surface area contributed by atoms with Gasteiger partial charge in [0.15, 0.2) is 0 Å². The lowest BCUT2D eigenvalue weighted by Gasteiger charge is -2.39. The minimum Gasteiger partial charge on any atom is -0.317 e. The molecule has 2 rings (SSSR count). The molecule has 94 valence electrons. The lowest BCUT2D eigenvalue weighted by Crippen LogP contribution is -2.50. The van der Waals surface area contributed by atoms with Crippen molar-refractivity contribution in [3.8, 4) is 0 Å². The highest BCUT2D eigenvalue weighted by Gasteiger charge is 2.28. The van der Waals surface area contributed by atoms with E-state index >= 15 is 0 Å². The monoisotopic (exact) mass is 225 g/mol. The predicted octanol–water partition coefficient (Wildman–Crippen LogP) is 1.06. The van der Waals surface area contributed by atoms with Gasteiger partial charge in [0.05, 0.1) is 0 Å². The molecule has 0 radical (unpaired) electrons. The molecule has 1 aliphatic heterocycles. The molecule has 0 amide bonds. The Morgan fingerprint density at radius 1 is 1.31 bits per heavy atom. The van der Waals surface area contributed by atoms with Gasteiger partial charge in [-0.25, -0.2) is 0 Å². The summed E-state index contributed by atoms with van der Waals surface area (Å²) in [4.78, 5) is 2.64. The first-order chi connectivity index (χ1) is 7.81. The number of piperazine rings is 1. The molecular formula is C13H27N3. The average Bonchev–Trinajstić information content (AvgIpc) is 2.26. The van der Waals surface area contributed by atoms with Gasteiger partial charge in [0.2, 0.25) is 0 Å². The van der Waals surface area contributed by atoms with Crippen LogP contribution in [0.15, 0.2) is 0 Å². The third kappa shape index (κ3) is 2.96. The van der Waals surface area contributed by atoms with E-state index in [2.05, 4.69) is 29.5 Å². The molecule has 0 aromatic carbocycles. The molecule has 3 heteroatoms. The summed E-state index contributed by atoms with van der Waals surface area (Å²) in [6.07, 6.45) is 5.66. The third-order valence-electron chi connectivity index (χ3n) is 4.46. The molecule has 2 atom stereocenters. The maximum atomic E-state index is 3.53. The van der Waals surface area contributed by atoms with Crippen LogP contribution >= 0.6 is 0 Å². The van der Waals surface area contributed by atoms with Crippen LogP contribution in [0.3, 0.4) is 0 Å². The van der Waals surface area contributed by atoms with E-state index in [9.17, 15) is 0 Å². The molecule has 2 N–H and O–H groups in total. The average molecular weight is 225 g/mol. The molecule has 2 aliphatic rings. The second kappa shape index (κ2) is 5.99. The van der Waals surface area contributed by atoms with Crippen LogP contribution < -0.4 is 10.6 Å². The Bertz CT molecular complexity index is 197. The van der Waals surface area contributed by atoms with Crippen LogP contribution in [0, 0.1) is 5.92 Å². The van der Waals surface area contributed by atoms with Crippen molar-refractivity contribution in [2.45, 2.75) is 44.7 Å². The Balaban J connectivity index is 1.76. The molecule has 1 heterocycles.